The number of rotatable bonds is 3. The number of hydrogen-bond acceptors (Lipinski definition) is 2. The molecule has 1 aliphatic heterocycles. The Balaban J connectivity index is 2.53. The van der Waals surface area contributed by atoms with Crippen molar-refractivity contribution in [2.75, 3.05) is 6.54 Å². The van der Waals surface area contributed by atoms with Gasteiger partial charge in [0.05, 0.1) is 0 Å². The second kappa shape index (κ2) is 3.52. The minimum Gasteiger partial charge on any atom is -0.275 e. The molecule has 0 N–H and O–H groups in total. The molecule has 12 heavy (non-hydrogen) atoms. The fourth-order valence-corrected chi connectivity index (χ4v) is 1.05. The zero-order valence-corrected chi connectivity index (χ0v) is 7.41. The van der Waals surface area contributed by atoms with Gasteiger partial charge in [-0.25, -0.2) is 0 Å². The number of hydrogen-bond donors (Lipinski definition) is 0. The van der Waals surface area contributed by atoms with E-state index in [1.807, 2.05) is 13.8 Å². The van der Waals surface area contributed by atoms with Gasteiger partial charge in [-0.2, -0.15) is 0 Å². The fraction of sp³-hybridized carbons (Fsp3) is 0.556. The van der Waals surface area contributed by atoms with Crippen molar-refractivity contribution in [2.24, 2.45) is 5.92 Å². The quantitative estimate of drug-likeness (QED) is 0.587. The monoisotopic (exact) mass is 167 g/mol. The fourth-order valence-electron chi connectivity index (χ4n) is 1.05. The van der Waals surface area contributed by atoms with Crippen LogP contribution < -0.4 is 0 Å². The van der Waals surface area contributed by atoms with Gasteiger partial charge in [-0.1, -0.05) is 20.3 Å². The largest absolute Gasteiger partial charge is 0.275 e. The Labute approximate surface area is 72.0 Å². The lowest BCUT2D eigenvalue weighted by Crippen LogP contribution is -2.33. The number of nitrogens with zero attached hydrogens (tertiary/aromatic N) is 1. The first-order valence-corrected chi connectivity index (χ1v) is 4.18. The van der Waals surface area contributed by atoms with Gasteiger partial charge in [0.1, 0.15) is 0 Å². The van der Waals surface area contributed by atoms with Crippen LogP contribution >= 0.6 is 0 Å². The highest BCUT2D eigenvalue weighted by Crippen LogP contribution is 2.09. The maximum absolute atomic E-state index is 11.1. The molecular formula is C9H13NO2. The second-order valence-electron chi connectivity index (χ2n) is 3.13. The van der Waals surface area contributed by atoms with Crippen molar-refractivity contribution in [2.45, 2.75) is 20.3 Å². The standard InChI is InChI=1S/C9H13NO2/c1-3-7(2)6-10-8(11)4-5-9(10)12/h4-5,7H,3,6H2,1-2H3. The maximum atomic E-state index is 11.1. The lowest BCUT2D eigenvalue weighted by Gasteiger charge is -2.17. The van der Waals surface area contributed by atoms with E-state index >= 15 is 0 Å². The van der Waals surface area contributed by atoms with E-state index in [2.05, 4.69) is 0 Å². The number of carbonyl (C=O) groups excluding carboxylic acids is 2. The Morgan fingerprint density at radius 3 is 2.25 bits per heavy atom. The van der Waals surface area contributed by atoms with Crippen LogP contribution in [-0.4, -0.2) is 23.3 Å². The third kappa shape index (κ3) is 1.72. The molecule has 2 amide bonds. The van der Waals surface area contributed by atoms with Crippen LogP contribution in [0.5, 0.6) is 0 Å². The van der Waals surface area contributed by atoms with Crippen molar-refractivity contribution in [1.82, 2.24) is 4.90 Å². The highest BCUT2D eigenvalue weighted by molar-refractivity contribution is 6.12. The Morgan fingerprint density at radius 1 is 1.33 bits per heavy atom. The van der Waals surface area contributed by atoms with Gasteiger partial charge in [0.25, 0.3) is 11.8 Å². The predicted molar refractivity (Wildman–Crippen MR) is 45.3 cm³/mol. The molecular weight excluding hydrogens is 154 g/mol. The van der Waals surface area contributed by atoms with Gasteiger partial charge in [-0.15, -0.1) is 0 Å². The Hall–Kier alpha value is -1.12. The van der Waals surface area contributed by atoms with Gasteiger partial charge in [0, 0.05) is 18.7 Å². The van der Waals surface area contributed by atoms with E-state index in [1.165, 1.54) is 17.1 Å². The SMILES string of the molecule is CCC(C)CN1C(=O)C=CC1=O. The van der Waals surface area contributed by atoms with Crippen LogP contribution in [0.1, 0.15) is 20.3 Å². The molecule has 3 heteroatoms. The van der Waals surface area contributed by atoms with Crippen molar-refractivity contribution in [3.63, 3.8) is 0 Å². The van der Waals surface area contributed by atoms with E-state index in [4.69, 9.17) is 0 Å². The summed E-state index contributed by atoms with van der Waals surface area (Å²) in [5.41, 5.74) is 0. The van der Waals surface area contributed by atoms with Gasteiger partial charge in [-0.05, 0) is 5.92 Å². The summed E-state index contributed by atoms with van der Waals surface area (Å²) >= 11 is 0. The number of imide groups is 1. The van der Waals surface area contributed by atoms with E-state index in [0.29, 0.717) is 12.5 Å². The van der Waals surface area contributed by atoms with Gasteiger partial charge in [0.2, 0.25) is 0 Å². The van der Waals surface area contributed by atoms with E-state index < -0.39 is 0 Å². The topological polar surface area (TPSA) is 37.4 Å². The van der Waals surface area contributed by atoms with Crippen molar-refractivity contribution < 1.29 is 9.59 Å². The summed E-state index contributed by atoms with van der Waals surface area (Å²) in [7, 11) is 0. The van der Waals surface area contributed by atoms with Crippen LogP contribution in [-0.2, 0) is 9.59 Å². The number of amides is 2. The summed E-state index contributed by atoms with van der Waals surface area (Å²) in [6.07, 6.45) is 3.63. The van der Waals surface area contributed by atoms with Gasteiger partial charge < -0.3 is 0 Å². The molecule has 0 saturated carbocycles. The Morgan fingerprint density at radius 2 is 1.83 bits per heavy atom. The van der Waals surface area contributed by atoms with Gasteiger partial charge in [-0.3, -0.25) is 14.5 Å². The third-order valence-corrected chi connectivity index (χ3v) is 2.09. The molecule has 0 aromatic heterocycles. The minimum atomic E-state index is -0.180. The summed E-state index contributed by atoms with van der Waals surface area (Å²) in [5.74, 6) is 0.0263. The molecule has 0 aromatic rings. The first-order chi connectivity index (χ1) is 5.65. The highest BCUT2D eigenvalue weighted by Gasteiger charge is 2.23. The van der Waals surface area contributed by atoms with Crippen molar-refractivity contribution in [3.05, 3.63) is 12.2 Å². The van der Waals surface area contributed by atoms with E-state index in [1.54, 1.807) is 0 Å². The summed E-state index contributed by atoms with van der Waals surface area (Å²) in [4.78, 5) is 23.4. The van der Waals surface area contributed by atoms with E-state index in [0.717, 1.165) is 6.42 Å². The summed E-state index contributed by atoms with van der Waals surface area (Å²) < 4.78 is 0. The molecule has 0 spiro atoms. The van der Waals surface area contributed by atoms with Gasteiger partial charge >= 0.3 is 0 Å². The molecule has 1 rings (SSSR count). The average molecular weight is 167 g/mol. The van der Waals surface area contributed by atoms with Crippen molar-refractivity contribution in [1.29, 1.82) is 0 Å². The van der Waals surface area contributed by atoms with E-state index in [9.17, 15) is 9.59 Å². The van der Waals surface area contributed by atoms with Crippen LogP contribution in [0.2, 0.25) is 0 Å². The molecule has 0 fully saturated rings. The second-order valence-corrected chi connectivity index (χ2v) is 3.13. The molecule has 0 saturated heterocycles. The Kier molecular flexibility index (Phi) is 2.63. The maximum Gasteiger partial charge on any atom is 0.253 e. The lowest BCUT2D eigenvalue weighted by atomic mass is 10.1. The lowest BCUT2D eigenvalue weighted by molar-refractivity contribution is -0.137. The van der Waals surface area contributed by atoms with Crippen LogP contribution in [0.3, 0.4) is 0 Å². The molecule has 3 nitrogen and oxygen atoms in total. The first-order valence-electron chi connectivity index (χ1n) is 4.18. The molecule has 1 heterocycles. The molecule has 0 radical (unpaired) electrons. The van der Waals surface area contributed by atoms with Crippen LogP contribution in [0.4, 0.5) is 0 Å². The molecule has 1 aliphatic rings. The predicted octanol–water partition coefficient (Wildman–Crippen LogP) is 0.958. The first kappa shape index (κ1) is 8.97. The van der Waals surface area contributed by atoms with Crippen LogP contribution in [0, 0.1) is 5.92 Å². The molecule has 1 atom stereocenters. The van der Waals surface area contributed by atoms with Gasteiger partial charge in [0.15, 0.2) is 0 Å². The smallest absolute Gasteiger partial charge is 0.253 e. The molecule has 0 aromatic carbocycles. The molecule has 0 aliphatic carbocycles. The highest BCUT2D eigenvalue weighted by atomic mass is 16.2. The summed E-state index contributed by atoms with van der Waals surface area (Å²) in [6.45, 7) is 4.61. The zero-order valence-electron chi connectivity index (χ0n) is 7.41. The third-order valence-electron chi connectivity index (χ3n) is 2.09. The summed E-state index contributed by atoms with van der Waals surface area (Å²) in [6, 6.07) is 0. The Bertz CT molecular complexity index is 215. The van der Waals surface area contributed by atoms with Crippen molar-refractivity contribution >= 4 is 11.8 Å². The van der Waals surface area contributed by atoms with E-state index in [-0.39, 0.29) is 11.8 Å². The zero-order chi connectivity index (χ0) is 9.14. The van der Waals surface area contributed by atoms with Crippen LogP contribution in [0.15, 0.2) is 12.2 Å². The number of carbonyl (C=O) groups is 2. The molecule has 0 bridgehead atoms. The van der Waals surface area contributed by atoms with Crippen molar-refractivity contribution in [3.8, 4) is 0 Å². The summed E-state index contributed by atoms with van der Waals surface area (Å²) in [5, 5.41) is 0. The van der Waals surface area contributed by atoms with Crippen LogP contribution in [0.25, 0.3) is 0 Å². The minimum absolute atomic E-state index is 0.180. The molecule has 1 unspecified atom stereocenters. The molecule has 66 valence electrons. The average Bonchev–Trinajstić information content (AvgIpc) is 2.35. The normalized spacial score (nSPS) is 19.0.